The molecule has 3 aromatic rings. The lowest BCUT2D eigenvalue weighted by molar-refractivity contribution is 0.0723. The van der Waals surface area contributed by atoms with E-state index < -0.39 is 6.10 Å². The Hall–Kier alpha value is -3.23. The number of benzene rings is 1. The lowest BCUT2D eigenvalue weighted by Crippen LogP contribution is -2.42. The van der Waals surface area contributed by atoms with Gasteiger partial charge in [-0.15, -0.1) is 0 Å². The van der Waals surface area contributed by atoms with Gasteiger partial charge < -0.3 is 19.7 Å². The maximum absolute atomic E-state index is 12.8. The van der Waals surface area contributed by atoms with Crippen LogP contribution in [0.2, 0.25) is 0 Å². The van der Waals surface area contributed by atoms with E-state index >= 15 is 0 Å². The zero-order chi connectivity index (χ0) is 23.5. The molecule has 0 bridgehead atoms. The monoisotopic (exact) mass is 461 g/mol. The molecular formula is C26H31N5O3. The number of aliphatic hydroxyl groups excluding tert-OH is 1. The molecule has 8 nitrogen and oxygen atoms in total. The van der Waals surface area contributed by atoms with Gasteiger partial charge >= 0.3 is 0 Å². The summed E-state index contributed by atoms with van der Waals surface area (Å²) in [6, 6.07) is 11.9. The van der Waals surface area contributed by atoms with Crippen molar-refractivity contribution in [1.29, 1.82) is 0 Å². The predicted octanol–water partition coefficient (Wildman–Crippen LogP) is 2.11. The number of piperidine rings is 1. The summed E-state index contributed by atoms with van der Waals surface area (Å²) >= 11 is 0. The van der Waals surface area contributed by atoms with Crippen molar-refractivity contribution in [2.24, 2.45) is 0 Å². The third-order valence-corrected chi connectivity index (χ3v) is 6.75. The average molecular weight is 462 g/mol. The Bertz CT molecular complexity index is 1180. The third kappa shape index (κ3) is 4.98. The highest BCUT2D eigenvalue weighted by Gasteiger charge is 2.21. The highest BCUT2D eigenvalue weighted by atomic mass is 16.3. The van der Waals surface area contributed by atoms with Crippen LogP contribution in [-0.4, -0.2) is 74.9 Å². The topological polar surface area (TPSA) is 90.2 Å². The number of carbonyl (C=O) groups excluding carboxylic acids is 2. The molecule has 1 saturated heterocycles. The Morgan fingerprint density at radius 3 is 2.62 bits per heavy atom. The van der Waals surface area contributed by atoms with E-state index in [1.807, 2.05) is 11.0 Å². The maximum atomic E-state index is 12.8. The number of β-amino-alcohol motifs (C(OH)–C–C–N with tert-alkyl or cyclic N) is 1. The fourth-order valence-corrected chi connectivity index (χ4v) is 4.88. The first-order valence-corrected chi connectivity index (χ1v) is 12.1. The molecule has 2 aromatic heterocycles. The van der Waals surface area contributed by atoms with Gasteiger partial charge in [-0.05, 0) is 48.9 Å². The Labute approximate surface area is 199 Å². The average Bonchev–Trinajstić information content (AvgIpc) is 3.31. The number of nitrogens with zero attached hydrogens (tertiary/aromatic N) is 4. The first-order chi connectivity index (χ1) is 16.6. The molecule has 5 rings (SSSR count). The fraction of sp³-hybridized carbons (Fsp3) is 0.423. The van der Waals surface area contributed by atoms with Crippen molar-refractivity contribution in [3.63, 3.8) is 0 Å². The molecular weight excluding hydrogens is 430 g/mol. The second-order valence-corrected chi connectivity index (χ2v) is 9.28. The van der Waals surface area contributed by atoms with Gasteiger partial charge in [-0.25, -0.2) is 4.98 Å². The van der Waals surface area contributed by atoms with Crippen LogP contribution >= 0.6 is 0 Å². The Morgan fingerprint density at radius 1 is 1.00 bits per heavy atom. The smallest absolute Gasteiger partial charge is 0.271 e. The number of imidazole rings is 1. The summed E-state index contributed by atoms with van der Waals surface area (Å²) in [4.78, 5) is 33.9. The van der Waals surface area contributed by atoms with Crippen LogP contribution in [0, 0.1) is 0 Å². The van der Waals surface area contributed by atoms with Crippen LogP contribution in [0.4, 0.5) is 0 Å². The van der Waals surface area contributed by atoms with Crippen molar-refractivity contribution < 1.29 is 14.7 Å². The van der Waals surface area contributed by atoms with Gasteiger partial charge in [0.1, 0.15) is 11.3 Å². The van der Waals surface area contributed by atoms with E-state index in [0.717, 1.165) is 45.4 Å². The number of aromatic nitrogens is 2. The maximum Gasteiger partial charge on any atom is 0.271 e. The molecule has 2 aliphatic rings. The molecule has 4 heterocycles. The number of pyridine rings is 1. The molecule has 0 aliphatic carbocycles. The number of hydrogen-bond donors (Lipinski definition) is 2. The molecule has 178 valence electrons. The van der Waals surface area contributed by atoms with Crippen LogP contribution in [0.5, 0.6) is 0 Å². The molecule has 0 saturated carbocycles. The van der Waals surface area contributed by atoms with Gasteiger partial charge in [0.25, 0.3) is 11.8 Å². The van der Waals surface area contributed by atoms with Crippen molar-refractivity contribution in [2.45, 2.75) is 38.3 Å². The second kappa shape index (κ2) is 9.95. The molecule has 1 aromatic carbocycles. The van der Waals surface area contributed by atoms with E-state index in [0.29, 0.717) is 17.8 Å². The molecule has 1 fully saturated rings. The number of amides is 2. The van der Waals surface area contributed by atoms with E-state index in [2.05, 4.69) is 33.4 Å². The highest BCUT2D eigenvalue weighted by molar-refractivity contribution is 5.95. The normalized spacial score (nSPS) is 17.4. The fourth-order valence-electron chi connectivity index (χ4n) is 4.88. The van der Waals surface area contributed by atoms with Gasteiger partial charge in [0.2, 0.25) is 0 Å². The summed E-state index contributed by atoms with van der Waals surface area (Å²) in [5.41, 5.74) is 4.13. The van der Waals surface area contributed by atoms with E-state index in [-0.39, 0.29) is 24.1 Å². The van der Waals surface area contributed by atoms with E-state index in [4.69, 9.17) is 0 Å². The minimum atomic E-state index is -0.667. The Morgan fingerprint density at radius 2 is 1.79 bits per heavy atom. The van der Waals surface area contributed by atoms with Crippen LogP contribution in [0.3, 0.4) is 0 Å². The van der Waals surface area contributed by atoms with Gasteiger partial charge in [0.15, 0.2) is 0 Å². The first-order valence-electron chi connectivity index (χ1n) is 12.1. The first kappa shape index (κ1) is 22.6. The number of fused-ring (bicyclic) bond motifs is 2. The van der Waals surface area contributed by atoms with Gasteiger partial charge in [0.05, 0.1) is 11.7 Å². The Kier molecular flexibility index (Phi) is 6.60. The van der Waals surface area contributed by atoms with Gasteiger partial charge in [-0.3, -0.25) is 14.5 Å². The van der Waals surface area contributed by atoms with Crippen molar-refractivity contribution in [2.75, 3.05) is 32.7 Å². The SMILES string of the molecule is O=C(NCC(O)CN1CCc2ccccc2C1)c1cn2cc(C(=O)N3CCCCC3)ccc2n1. The van der Waals surface area contributed by atoms with E-state index in [9.17, 15) is 14.7 Å². The van der Waals surface area contributed by atoms with Crippen LogP contribution in [-0.2, 0) is 13.0 Å². The summed E-state index contributed by atoms with van der Waals surface area (Å²) in [7, 11) is 0. The molecule has 0 spiro atoms. The van der Waals surface area contributed by atoms with Crippen molar-refractivity contribution in [3.05, 3.63) is 71.2 Å². The van der Waals surface area contributed by atoms with E-state index in [1.165, 1.54) is 17.5 Å². The minimum Gasteiger partial charge on any atom is -0.390 e. The summed E-state index contributed by atoms with van der Waals surface area (Å²) in [5.74, 6) is -0.319. The minimum absolute atomic E-state index is 0.0183. The quantitative estimate of drug-likeness (QED) is 0.587. The molecule has 2 amide bonds. The van der Waals surface area contributed by atoms with Crippen LogP contribution in [0.1, 0.15) is 51.2 Å². The lowest BCUT2D eigenvalue weighted by Gasteiger charge is -2.30. The zero-order valence-electron chi connectivity index (χ0n) is 19.3. The molecule has 1 atom stereocenters. The largest absolute Gasteiger partial charge is 0.390 e. The molecule has 0 radical (unpaired) electrons. The second-order valence-electron chi connectivity index (χ2n) is 9.28. The predicted molar refractivity (Wildman–Crippen MR) is 129 cm³/mol. The number of carbonyl (C=O) groups is 2. The summed E-state index contributed by atoms with van der Waals surface area (Å²) in [6.45, 7) is 3.95. The summed E-state index contributed by atoms with van der Waals surface area (Å²) in [5, 5.41) is 13.3. The third-order valence-electron chi connectivity index (χ3n) is 6.75. The lowest BCUT2D eigenvalue weighted by atomic mass is 10.00. The van der Waals surface area contributed by atoms with Crippen LogP contribution in [0.15, 0.2) is 48.8 Å². The van der Waals surface area contributed by atoms with Gasteiger partial charge in [0, 0.05) is 51.7 Å². The number of aliphatic hydroxyl groups is 1. The van der Waals surface area contributed by atoms with E-state index in [1.54, 1.807) is 28.9 Å². The van der Waals surface area contributed by atoms with Gasteiger partial charge in [-0.1, -0.05) is 24.3 Å². The standard InChI is InChI=1S/C26H31N5O3/c32-22(17-29-13-10-19-6-2-3-7-20(19)15-29)14-27-25(33)23-18-31-16-21(8-9-24(31)28-23)26(34)30-11-4-1-5-12-30/h2-3,6-9,16,18,22,32H,1,4-5,10-15,17H2,(H,27,33). The number of hydrogen-bond acceptors (Lipinski definition) is 5. The molecule has 2 aliphatic heterocycles. The number of likely N-dealkylation sites (tertiary alicyclic amines) is 1. The number of nitrogens with one attached hydrogen (secondary N) is 1. The Balaban J connectivity index is 1.16. The highest BCUT2D eigenvalue weighted by Crippen LogP contribution is 2.18. The molecule has 1 unspecified atom stereocenters. The van der Waals surface area contributed by atoms with Crippen molar-refractivity contribution in [1.82, 2.24) is 24.5 Å². The molecule has 34 heavy (non-hydrogen) atoms. The zero-order valence-corrected chi connectivity index (χ0v) is 19.3. The van der Waals surface area contributed by atoms with Crippen LogP contribution < -0.4 is 5.32 Å². The van der Waals surface area contributed by atoms with Gasteiger partial charge in [-0.2, -0.15) is 0 Å². The molecule has 8 heteroatoms. The van der Waals surface area contributed by atoms with Crippen LogP contribution in [0.25, 0.3) is 5.65 Å². The molecule has 2 N–H and O–H groups in total. The van der Waals surface area contributed by atoms with Crippen molar-refractivity contribution in [3.8, 4) is 0 Å². The number of rotatable bonds is 6. The van der Waals surface area contributed by atoms with Crippen molar-refractivity contribution >= 4 is 17.5 Å². The summed E-state index contributed by atoms with van der Waals surface area (Å²) < 4.78 is 1.72. The summed E-state index contributed by atoms with van der Waals surface area (Å²) in [6.07, 6.45) is 6.92.